The highest BCUT2D eigenvalue weighted by Gasteiger charge is 2.47. The molecule has 1 aliphatic carbocycles. The molecule has 0 spiro atoms. The number of amides is 1. The average Bonchev–Trinajstić information content (AvgIpc) is 4.05. The zero-order chi connectivity index (χ0) is 51.1. The van der Waals surface area contributed by atoms with Crippen LogP contribution in [0.3, 0.4) is 0 Å². The number of methoxy groups -OCH3 is 1. The van der Waals surface area contributed by atoms with E-state index in [4.69, 9.17) is 33.9 Å². The third-order valence-electron chi connectivity index (χ3n) is 15.7. The molecule has 9 rings (SSSR count). The molecule has 1 saturated carbocycles. The molecule has 1 amide bonds. The Morgan fingerprint density at radius 1 is 0.875 bits per heavy atom. The molecule has 2 aromatic heterocycles. The minimum atomic E-state index is -2.32. The Hall–Kier alpha value is -5.40. The molecule has 2 bridgehead atoms. The predicted octanol–water partition coefficient (Wildman–Crippen LogP) is 11.2. The number of halogens is 2. The first-order valence-electron chi connectivity index (χ1n) is 26.0. The van der Waals surface area contributed by atoms with Gasteiger partial charge in [0.15, 0.2) is 12.6 Å². The second-order valence-corrected chi connectivity index (χ2v) is 28.3. The highest BCUT2D eigenvalue weighted by molar-refractivity contribution is 6.90. The number of carbonyl (C=O) groups excluding carboxylic acids is 1. The maximum atomic E-state index is 18.1. The lowest BCUT2D eigenvalue weighted by Gasteiger charge is -2.42. The van der Waals surface area contributed by atoms with E-state index in [0.717, 1.165) is 65.0 Å². The fourth-order valence-electron chi connectivity index (χ4n) is 11.9. The molecule has 2 atom stereocenters. The molecule has 0 N–H and O–H groups in total. The molecule has 3 aliphatic heterocycles. The van der Waals surface area contributed by atoms with E-state index in [2.05, 4.69) is 98.0 Å². The second-order valence-electron chi connectivity index (χ2n) is 22.7. The van der Waals surface area contributed by atoms with Gasteiger partial charge in [-0.2, -0.15) is 9.97 Å². The van der Waals surface area contributed by atoms with Crippen molar-refractivity contribution in [3.8, 4) is 34.5 Å². The number of hydrogen-bond acceptors (Lipinski definition) is 11. The standard InChI is InChI=1S/C57H73F2N7O5Si/c1-37(2)72(38(3)4,39(5)6)27-20-45-48(58)19-16-41-28-44(70-36-68-10)29-46(49(41)45)51-50(59)52-47(30-60-51)53(65-32-42-17-18-43(33-65)66(42)55(67)71-56(7,8)9)62-54(61-52)69-35-57(21-22-57)34-64-25-23-63(24-26-64)31-40-14-12-11-13-15-40/h11-16,19,28-30,37-39,42-43H,17-18,21-26,31-36H2,1-10H3. The molecule has 5 aromatic rings. The first-order valence-corrected chi connectivity index (χ1v) is 28.3. The Bertz CT molecular complexity index is 2800. The summed E-state index contributed by atoms with van der Waals surface area (Å²) in [7, 11) is -0.792. The maximum Gasteiger partial charge on any atom is 0.410 e. The van der Waals surface area contributed by atoms with Crippen molar-refractivity contribution in [2.75, 3.05) is 71.2 Å². The number of carbonyl (C=O) groups is 1. The van der Waals surface area contributed by atoms with Gasteiger partial charge in [0.05, 0.1) is 29.6 Å². The van der Waals surface area contributed by atoms with E-state index in [1.165, 1.54) is 18.7 Å². The average molecular weight is 1000 g/mol. The number of ether oxygens (including phenoxy) is 4. The van der Waals surface area contributed by atoms with Crippen molar-refractivity contribution < 1.29 is 32.5 Å². The number of fused-ring (bicyclic) bond motifs is 4. The largest absolute Gasteiger partial charge is 0.468 e. The van der Waals surface area contributed by atoms with Crippen molar-refractivity contribution in [2.24, 2.45) is 5.41 Å². The van der Waals surface area contributed by atoms with Crippen LogP contribution in [-0.4, -0.2) is 128 Å². The molecule has 72 heavy (non-hydrogen) atoms. The molecule has 384 valence electrons. The van der Waals surface area contributed by atoms with Crippen molar-refractivity contribution in [3.63, 3.8) is 0 Å². The van der Waals surface area contributed by atoms with E-state index in [0.29, 0.717) is 69.6 Å². The number of aromatic nitrogens is 3. The van der Waals surface area contributed by atoms with E-state index < -0.39 is 25.3 Å². The van der Waals surface area contributed by atoms with Gasteiger partial charge in [-0.1, -0.05) is 83.9 Å². The van der Waals surface area contributed by atoms with Gasteiger partial charge in [0.25, 0.3) is 0 Å². The van der Waals surface area contributed by atoms with Crippen LogP contribution in [0, 0.1) is 28.5 Å². The molecule has 3 aromatic carbocycles. The first-order chi connectivity index (χ1) is 34.4. The summed E-state index contributed by atoms with van der Waals surface area (Å²) in [6.45, 7) is 26.0. The number of rotatable bonds is 15. The van der Waals surface area contributed by atoms with Gasteiger partial charge >= 0.3 is 12.1 Å². The Labute approximate surface area is 425 Å². The third kappa shape index (κ3) is 10.7. The molecule has 12 nitrogen and oxygen atoms in total. The molecule has 4 aliphatic rings. The predicted molar refractivity (Wildman–Crippen MR) is 283 cm³/mol. The Balaban J connectivity index is 1.10. The molecule has 15 heteroatoms. The lowest BCUT2D eigenvalue weighted by atomic mass is 9.95. The van der Waals surface area contributed by atoms with Crippen LogP contribution >= 0.6 is 0 Å². The van der Waals surface area contributed by atoms with Gasteiger partial charge in [-0.25, -0.2) is 13.6 Å². The molecule has 2 unspecified atom stereocenters. The minimum Gasteiger partial charge on any atom is -0.468 e. The summed E-state index contributed by atoms with van der Waals surface area (Å²) in [4.78, 5) is 37.4. The molecular weight excluding hydrogens is 929 g/mol. The molecule has 4 fully saturated rings. The van der Waals surface area contributed by atoms with Gasteiger partial charge in [-0.15, -0.1) is 5.54 Å². The maximum absolute atomic E-state index is 18.1. The van der Waals surface area contributed by atoms with E-state index in [9.17, 15) is 4.79 Å². The Kier molecular flexibility index (Phi) is 14.9. The summed E-state index contributed by atoms with van der Waals surface area (Å²) >= 11 is 0. The van der Waals surface area contributed by atoms with Crippen molar-refractivity contribution in [3.05, 3.63) is 83.6 Å². The summed E-state index contributed by atoms with van der Waals surface area (Å²) in [6.07, 6.45) is 4.92. The van der Waals surface area contributed by atoms with Crippen LogP contribution in [-0.2, 0) is 16.0 Å². The molecule has 5 heterocycles. The van der Waals surface area contributed by atoms with Gasteiger partial charge in [0, 0.05) is 82.0 Å². The quantitative estimate of drug-likeness (QED) is 0.0569. The Morgan fingerprint density at radius 2 is 1.54 bits per heavy atom. The van der Waals surface area contributed by atoms with E-state index in [1.54, 1.807) is 24.4 Å². The van der Waals surface area contributed by atoms with Crippen LogP contribution in [0.2, 0.25) is 16.6 Å². The van der Waals surface area contributed by atoms with Crippen LogP contribution in [0.5, 0.6) is 11.8 Å². The summed E-state index contributed by atoms with van der Waals surface area (Å²) in [5.41, 5.74) is 5.79. The van der Waals surface area contributed by atoms with Crippen molar-refractivity contribution in [2.45, 2.75) is 129 Å². The first kappa shape index (κ1) is 51.5. The highest BCUT2D eigenvalue weighted by atomic mass is 28.3. The number of benzene rings is 3. The minimum absolute atomic E-state index is 0.0282. The summed E-state index contributed by atoms with van der Waals surface area (Å²) in [5, 5.41) is 1.47. The lowest BCUT2D eigenvalue weighted by Crippen LogP contribution is -2.57. The van der Waals surface area contributed by atoms with Gasteiger partial charge in [0.1, 0.15) is 42.3 Å². The molecule has 3 saturated heterocycles. The number of pyridine rings is 1. The molecular formula is C57H73F2N7O5Si. The second kappa shape index (κ2) is 20.8. The number of anilines is 1. The van der Waals surface area contributed by atoms with E-state index in [1.807, 2.05) is 25.7 Å². The van der Waals surface area contributed by atoms with Gasteiger partial charge in [-0.3, -0.25) is 14.8 Å². The SMILES string of the molecule is COCOc1cc(-c2ncc3c(N4CC5CCC(C4)N5C(=O)OC(C)(C)C)nc(OCC4(CN5CCN(Cc6ccccc6)CC5)CC4)nc3c2F)c2c(C#C[Si](C(C)C)(C(C)C)C(C)C)c(F)ccc2c1. The third-order valence-corrected chi connectivity index (χ3v) is 22.0. The zero-order valence-corrected chi connectivity index (χ0v) is 45.0. The van der Waals surface area contributed by atoms with Crippen molar-refractivity contribution in [1.82, 2.24) is 29.7 Å². The van der Waals surface area contributed by atoms with Crippen LogP contribution in [0.15, 0.2) is 60.8 Å². The van der Waals surface area contributed by atoms with Gasteiger partial charge in [0.2, 0.25) is 0 Å². The van der Waals surface area contributed by atoms with Crippen LogP contribution in [0.1, 0.15) is 99.1 Å². The Morgan fingerprint density at radius 3 is 2.17 bits per heavy atom. The smallest absolute Gasteiger partial charge is 0.410 e. The monoisotopic (exact) mass is 1000 g/mol. The summed E-state index contributed by atoms with van der Waals surface area (Å²) in [6, 6.07) is 17.0. The number of piperazine rings is 2. The fourth-order valence-corrected chi connectivity index (χ4v) is 17.1. The van der Waals surface area contributed by atoms with Crippen LogP contribution in [0.25, 0.3) is 32.9 Å². The number of hydrogen-bond donors (Lipinski definition) is 0. The fraction of sp³-hybridized carbons (Fsp3) is 0.544. The normalized spacial score (nSPS) is 19.4. The van der Waals surface area contributed by atoms with Crippen molar-refractivity contribution >= 4 is 41.7 Å². The summed E-state index contributed by atoms with van der Waals surface area (Å²) in [5.74, 6) is 3.07. The summed E-state index contributed by atoms with van der Waals surface area (Å²) < 4.78 is 58.3. The molecule has 0 radical (unpaired) electrons. The topological polar surface area (TPSA) is 106 Å². The lowest BCUT2D eigenvalue weighted by molar-refractivity contribution is 0.0122. The highest BCUT2D eigenvalue weighted by Crippen LogP contribution is 2.47. The van der Waals surface area contributed by atoms with Crippen LogP contribution in [0.4, 0.5) is 19.4 Å². The number of nitrogens with zero attached hydrogens (tertiary/aromatic N) is 7. The zero-order valence-electron chi connectivity index (χ0n) is 44.0. The van der Waals surface area contributed by atoms with Gasteiger partial charge in [-0.05, 0) is 92.2 Å². The van der Waals surface area contributed by atoms with E-state index in [-0.39, 0.29) is 53.2 Å². The van der Waals surface area contributed by atoms with Crippen LogP contribution < -0.4 is 14.4 Å². The van der Waals surface area contributed by atoms with Gasteiger partial charge < -0.3 is 28.7 Å². The van der Waals surface area contributed by atoms with E-state index >= 15 is 8.78 Å². The van der Waals surface area contributed by atoms with Crippen molar-refractivity contribution in [1.29, 1.82) is 0 Å².